The van der Waals surface area contributed by atoms with Crippen LogP contribution in [0.2, 0.25) is 0 Å². The van der Waals surface area contributed by atoms with Crippen LogP contribution in [0.15, 0.2) is 0 Å². The lowest BCUT2D eigenvalue weighted by atomic mass is 10.4. The van der Waals surface area contributed by atoms with Crippen LogP contribution in [-0.4, -0.2) is 39.0 Å². The Morgan fingerprint density at radius 1 is 1.14 bits per heavy atom. The zero-order chi connectivity index (χ0) is 10.9. The minimum absolute atomic E-state index is 0.134. The molecule has 0 heterocycles. The summed E-state index contributed by atoms with van der Waals surface area (Å²) in [6, 6.07) is 0. The van der Waals surface area contributed by atoms with Gasteiger partial charge in [-0.2, -0.15) is 13.2 Å². The van der Waals surface area contributed by atoms with Gasteiger partial charge in [-0.15, -0.1) is 0 Å². The highest BCUT2D eigenvalue weighted by atomic mass is 19.4. The summed E-state index contributed by atoms with van der Waals surface area (Å²) in [6.45, 7) is 1.07. The summed E-state index contributed by atoms with van der Waals surface area (Å²) < 4.78 is 39.1. The van der Waals surface area contributed by atoms with Gasteiger partial charge in [0.15, 0.2) is 0 Å². The fraction of sp³-hybridized carbons (Fsp3) is 1.00. The molecule has 0 bridgehead atoms. The fourth-order valence-corrected chi connectivity index (χ4v) is 0.839. The molecule has 0 atom stereocenters. The highest BCUT2D eigenvalue weighted by molar-refractivity contribution is 4.50. The summed E-state index contributed by atoms with van der Waals surface area (Å²) in [4.78, 5) is 0. The van der Waals surface area contributed by atoms with Crippen LogP contribution < -0.4 is 11.1 Å². The summed E-state index contributed by atoms with van der Waals surface area (Å²) >= 11 is 0. The van der Waals surface area contributed by atoms with E-state index in [9.17, 15) is 13.2 Å². The average Bonchev–Trinajstić information content (AvgIpc) is 2.08. The number of hydrogen-bond acceptors (Lipinski definition) is 3. The molecule has 0 saturated heterocycles. The predicted octanol–water partition coefficient (Wildman–Crippen LogP) is 0.894. The predicted molar refractivity (Wildman–Crippen MR) is 48.0 cm³/mol. The third-order valence-corrected chi connectivity index (χ3v) is 1.47. The topological polar surface area (TPSA) is 47.3 Å². The van der Waals surface area contributed by atoms with Crippen LogP contribution in [0, 0.1) is 0 Å². The van der Waals surface area contributed by atoms with Crippen LogP contribution in [0.1, 0.15) is 12.8 Å². The van der Waals surface area contributed by atoms with E-state index in [1.54, 1.807) is 0 Å². The molecule has 0 saturated carbocycles. The van der Waals surface area contributed by atoms with Crippen molar-refractivity contribution >= 4 is 0 Å². The quantitative estimate of drug-likeness (QED) is 0.590. The van der Waals surface area contributed by atoms with Crippen molar-refractivity contribution in [1.29, 1.82) is 0 Å². The van der Waals surface area contributed by atoms with E-state index in [0.29, 0.717) is 19.5 Å². The second-order valence-electron chi connectivity index (χ2n) is 2.91. The molecule has 0 fully saturated rings. The largest absolute Gasteiger partial charge is 0.411 e. The third kappa shape index (κ3) is 11.7. The standard InChI is InChI=1S/C8H17F3N2O/c9-8(10,11)7-14-6-2-5-13-4-1-3-12/h13H,1-7,12H2. The molecule has 0 spiro atoms. The zero-order valence-electron chi connectivity index (χ0n) is 8.07. The molecule has 3 N–H and O–H groups in total. The van der Waals surface area contributed by atoms with E-state index in [1.807, 2.05) is 0 Å². The number of hydrogen-bond donors (Lipinski definition) is 2. The summed E-state index contributed by atoms with van der Waals surface area (Å²) in [7, 11) is 0. The minimum atomic E-state index is -4.22. The first-order valence-electron chi connectivity index (χ1n) is 4.61. The van der Waals surface area contributed by atoms with Crippen LogP contribution in [0.5, 0.6) is 0 Å². The zero-order valence-corrected chi connectivity index (χ0v) is 8.07. The number of alkyl halides is 3. The maximum atomic E-state index is 11.6. The second kappa shape index (κ2) is 8.02. The van der Waals surface area contributed by atoms with Crippen molar-refractivity contribution in [3.8, 4) is 0 Å². The van der Waals surface area contributed by atoms with Crippen molar-refractivity contribution in [2.75, 3.05) is 32.8 Å². The molecule has 0 aromatic carbocycles. The van der Waals surface area contributed by atoms with Gasteiger partial charge in [-0.05, 0) is 32.5 Å². The van der Waals surface area contributed by atoms with E-state index in [0.717, 1.165) is 13.0 Å². The normalized spacial score (nSPS) is 12.0. The Hall–Kier alpha value is -0.330. The van der Waals surface area contributed by atoms with Gasteiger partial charge in [0, 0.05) is 6.61 Å². The minimum Gasteiger partial charge on any atom is -0.372 e. The van der Waals surface area contributed by atoms with Crippen molar-refractivity contribution in [3.05, 3.63) is 0 Å². The molecule has 0 amide bonds. The summed E-state index contributed by atoms with van der Waals surface area (Å²) in [5, 5.41) is 3.04. The molecule has 0 aromatic heterocycles. The van der Waals surface area contributed by atoms with Crippen molar-refractivity contribution in [2.24, 2.45) is 5.73 Å². The highest BCUT2D eigenvalue weighted by Crippen LogP contribution is 2.14. The van der Waals surface area contributed by atoms with Crippen molar-refractivity contribution in [2.45, 2.75) is 19.0 Å². The molecule has 3 nitrogen and oxygen atoms in total. The van der Waals surface area contributed by atoms with Gasteiger partial charge in [0.25, 0.3) is 0 Å². The number of rotatable bonds is 8. The average molecular weight is 214 g/mol. The van der Waals surface area contributed by atoms with Gasteiger partial charge in [-0.25, -0.2) is 0 Å². The summed E-state index contributed by atoms with van der Waals surface area (Å²) in [5.41, 5.74) is 5.25. The van der Waals surface area contributed by atoms with E-state index >= 15 is 0 Å². The molecule has 0 aliphatic carbocycles. The lowest BCUT2D eigenvalue weighted by molar-refractivity contribution is -0.173. The van der Waals surface area contributed by atoms with Gasteiger partial charge < -0.3 is 15.8 Å². The fourth-order valence-electron chi connectivity index (χ4n) is 0.839. The molecule has 14 heavy (non-hydrogen) atoms. The van der Waals surface area contributed by atoms with E-state index in [4.69, 9.17) is 5.73 Å². The molecule has 0 unspecified atom stereocenters. The van der Waals surface area contributed by atoms with Crippen molar-refractivity contribution < 1.29 is 17.9 Å². The van der Waals surface area contributed by atoms with Gasteiger partial charge in [0.2, 0.25) is 0 Å². The van der Waals surface area contributed by atoms with Crippen LogP contribution in [0.25, 0.3) is 0 Å². The van der Waals surface area contributed by atoms with Crippen molar-refractivity contribution in [3.63, 3.8) is 0 Å². The Morgan fingerprint density at radius 2 is 1.79 bits per heavy atom. The second-order valence-corrected chi connectivity index (χ2v) is 2.91. The van der Waals surface area contributed by atoms with Crippen molar-refractivity contribution in [1.82, 2.24) is 5.32 Å². The summed E-state index contributed by atoms with van der Waals surface area (Å²) in [5.74, 6) is 0. The van der Waals surface area contributed by atoms with E-state index in [2.05, 4.69) is 10.1 Å². The van der Waals surface area contributed by atoms with Crippen LogP contribution >= 0.6 is 0 Å². The number of nitrogens with two attached hydrogens (primary N) is 1. The van der Waals surface area contributed by atoms with Crippen LogP contribution in [0.3, 0.4) is 0 Å². The molecular weight excluding hydrogens is 197 g/mol. The van der Waals surface area contributed by atoms with Gasteiger partial charge in [0.1, 0.15) is 6.61 Å². The third-order valence-electron chi connectivity index (χ3n) is 1.47. The molecule has 0 aliphatic heterocycles. The lowest BCUT2D eigenvalue weighted by Crippen LogP contribution is -2.22. The Kier molecular flexibility index (Phi) is 7.83. The Balaban J connectivity index is 2.99. The Morgan fingerprint density at radius 3 is 2.36 bits per heavy atom. The molecule has 86 valence electrons. The Labute approximate surface area is 81.8 Å². The smallest absolute Gasteiger partial charge is 0.372 e. The van der Waals surface area contributed by atoms with E-state index < -0.39 is 12.8 Å². The Bertz CT molecular complexity index is 130. The molecule has 0 rings (SSSR count). The number of ether oxygens (including phenoxy) is 1. The van der Waals surface area contributed by atoms with Gasteiger partial charge >= 0.3 is 6.18 Å². The van der Waals surface area contributed by atoms with Gasteiger partial charge in [0.05, 0.1) is 0 Å². The molecule has 0 aromatic rings. The number of halogens is 3. The maximum absolute atomic E-state index is 11.6. The molecule has 0 aliphatic rings. The first-order valence-corrected chi connectivity index (χ1v) is 4.61. The monoisotopic (exact) mass is 214 g/mol. The number of nitrogens with one attached hydrogen (secondary N) is 1. The van der Waals surface area contributed by atoms with Gasteiger partial charge in [-0.3, -0.25) is 0 Å². The van der Waals surface area contributed by atoms with Crippen LogP contribution in [-0.2, 0) is 4.74 Å². The van der Waals surface area contributed by atoms with E-state index in [-0.39, 0.29) is 6.61 Å². The molecule has 0 radical (unpaired) electrons. The molecule has 6 heteroatoms. The first kappa shape index (κ1) is 13.7. The van der Waals surface area contributed by atoms with E-state index in [1.165, 1.54) is 0 Å². The van der Waals surface area contributed by atoms with Gasteiger partial charge in [-0.1, -0.05) is 0 Å². The molecular formula is C8H17F3N2O. The SMILES string of the molecule is NCCCNCCCOCC(F)(F)F. The summed E-state index contributed by atoms with van der Waals surface area (Å²) in [6.07, 6.45) is -2.75. The highest BCUT2D eigenvalue weighted by Gasteiger charge is 2.26. The lowest BCUT2D eigenvalue weighted by Gasteiger charge is -2.07. The maximum Gasteiger partial charge on any atom is 0.411 e. The first-order chi connectivity index (χ1) is 6.56. The van der Waals surface area contributed by atoms with Crippen LogP contribution in [0.4, 0.5) is 13.2 Å².